The first kappa shape index (κ1) is 12.2. The van der Waals surface area contributed by atoms with Crippen LogP contribution in [0.15, 0.2) is 30.6 Å². The van der Waals surface area contributed by atoms with Crippen molar-refractivity contribution in [2.45, 2.75) is 31.8 Å². The van der Waals surface area contributed by atoms with Crippen LogP contribution in [0.1, 0.15) is 30.0 Å². The zero-order chi connectivity index (χ0) is 13.1. The van der Waals surface area contributed by atoms with Gasteiger partial charge in [0.2, 0.25) is 0 Å². The molecule has 100 valence electrons. The smallest absolute Gasteiger partial charge is 0.0692 e. The van der Waals surface area contributed by atoms with Crippen molar-refractivity contribution in [3.63, 3.8) is 0 Å². The fraction of sp³-hybridized carbons (Fsp3) is 0.429. The zero-order valence-electron chi connectivity index (χ0n) is 10.9. The van der Waals surface area contributed by atoms with Gasteiger partial charge < -0.3 is 11.1 Å². The molecule has 5 heteroatoms. The number of nitrogen functional groups attached to an aromatic ring is 1. The summed E-state index contributed by atoms with van der Waals surface area (Å²) in [4.78, 5) is 0. The molecule has 0 radical (unpaired) electrons. The molecule has 0 spiro atoms. The number of anilines is 1. The van der Waals surface area contributed by atoms with Gasteiger partial charge in [-0.3, -0.25) is 4.68 Å². The molecule has 0 aliphatic heterocycles. The van der Waals surface area contributed by atoms with E-state index in [0.717, 1.165) is 31.6 Å². The third kappa shape index (κ3) is 2.76. The average Bonchev–Trinajstić information content (AvgIpc) is 3.03. The number of fused-ring (bicyclic) bond motifs is 1. The molecular formula is C14H19N5. The average molecular weight is 257 g/mol. The molecule has 5 nitrogen and oxygen atoms in total. The van der Waals surface area contributed by atoms with Crippen molar-refractivity contribution in [1.82, 2.24) is 20.3 Å². The van der Waals surface area contributed by atoms with Crippen molar-refractivity contribution in [3.05, 3.63) is 41.7 Å². The summed E-state index contributed by atoms with van der Waals surface area (Å²) < 4.78 is 1.87. The quantitative estimate of drug-likeness (QED) is 0.629. The number of nitrogens with one attached hydrogen (secondary N) is 1. The van der Waals surface area contributed by atoms with Crippen LogP contribution in [0.3, 0.4) is 0 Å². The SMILES string of the molecule is Nc1ccc2c(c1)CCC2NCCCn1ccnn1. The Labute approximate surface area is 112 Å². The molecule has 0 saturated carbocycles. The summed E-state index contributed by atoms with van der Waals surface area (Å²) >= 11 is 0. The Balaban J connectivity index is 1.50. The second kappa shape index (κ2) is 5.40. The molecule has 0 fully saturated rings. The summed E-state index contributed by atoms with van der Waals surface area (Å²) in [6.07, 6.45) is 6.96. The van der Waals surface area contributed by atoms with Gasteiger partial charge in [0.1, 0.15) is 0 Å². The molecule has 3 N–H and O–H groups in total. The third-order valence-corrected chi connectivity index (χ3v) is 3.67. The largest absolute Gasteiger partial charge is 0.399 e. The number of nitrogens with two attached hydrogens (primary N) is 1. The van der Waals surface area contributed by atoms with E-state index in [4.69, 9.17) is 5.73 Å². The van der Waals surface area contributed by atoms with E-state index in [0.29, 0.717) is 6.04 Å². The van der Waals surface area contributed by atoms with E-state index in [9.17, 15) is 0 Å². The number of rotatable bonds is 5. The van der Waals surface area contributed by atoms with Crippen molar-refractivity contribution in [3.8, 4) is 0 Å². The van der Waals surface area contributed by atoms with E-state index in [2.05, 4.69) is 27.8 Å². The van der Waals surface area contributed by atoms with Crippen molar-refractivity contribution in [2.75, 3.05) is 12.3 Å². The van der Waals surface area contributed by atoms with Crippen molar-refractivity contribution in [1.29, 1.82) is 0 Å². The fourth-order valence-electron chi connectivity index (χ4n) is 2.72. The number of benzene rings is 1. The fourth-order valence-corrected chi connectivity index (χ4v) is 2.72. The molecule has 1 aromatic carbocycles. The van der Waals surface area contributed by atoms with E-state index >= 15 is 0 Å². The van der Waals surface area contributed by atoms with Crippen LogP contribution in [-0.2, 0) is 13.0 Å². The van der Waals surface area contributed by atoms with E-state index in [1.165, 1.54) is 17.5 Å². The van der Waals surface area contributed by atoms with Gasteiger partial charge in [-0.15, -0.1) is 5.10 Å². The lowest BCUT2D eigenvalue weighted by Crippen LogP contribution is -2.21. The minimum Gasteiger partial charge on any atom is -0.399 e. The van der Waals surface area contributed by atoms with Crippen LogP contribution in [0.25, 0.3) is 0 Å². The molecule has 0 saturated heterocycles. The van der Waals surface area contributed by atoms with Crippen LogP contribution in [0.2, 0.25) is 0 Å². The summed E-state index contributed by atoms with van der Waals surface area (Å²) in [6.45, 7) is 1.91. The lowest BCUT2D eigenvalue weighted by Gasteiger charge is -2.14. The Bertz CT molecular complexity index is 535. The van der Waals surface area contributed by atoms with Gasteiger partial charge in [0.15, 0.2) is 0 Å². The minimum absolute atomic E-state index is 0.478. The van der Waals surface area contributed by atoms with E-state index in [1.807, 2.05) is 16.9 Å². The summed E-state index contributed by atoms with van der Waals surface area (Å²) in [5.41, 5.74) is 9.49. The van der Waals surface area contributed by atoms with Crippen LogP contribution >= 0.6 is 0 Å². The predicted octanol–water partition coefficient (Wildman–Crippen LogP) is 1.53. The zero-order valence-corrected chi connectivity index (χ0v) is 10.9. The second-order valence-corrected chi connectivity index (χ2v) is 5.02. The number of hydrogen-bond donors (Lipinski definition) is 2. The lowest BCUT2D eigenvalue weighted by molar-refractivity contribution is 0.481. The van der Waals surface area contributed by atoms with E-state index < -0.39 is 0 Å². The second-order valence-electron chi connectivity index (χ2n) is 5.02. The molecular weight excluding hydrogens is 238 g/mol. The number of nitrogens with zero attached hydrogens (tertiary/aromatic N) is 3. The summed E-state index contributed by atoms with van der Waals surface area (Å²) in [6, 6.07) is 6.74. The molecule has 1 aliphatic rings. The highest BCUT2D eigenvalue weighted by molar-refractivity contribution is 5.47. The van der Waals surface area contributed by atoms with Gasteiger partial charge in [0.05, 0.1) is 6.20 Å². The first-order chi connectivity index (χ1) is 9.33. The first-order valence-electron chi connectivity index (χ1n) is 6.79. The number of aromatic nitrogens is 3. The van der Waals surface area contributed by atoms with Gasteiger partial charge in [0, 0.05) is 24.5 Å². The molecule has 1 heterocycles. The Hall–Kier alpha value is -1.88. The van der Waals surface area contributed by atoms with E-state index in [-0.39, 0.29) is 0 Å². The standard InChI is InChI=1S/C14H19N5/c15-12-3-4-13-11(10-12)2-5-14(13)16-6-1-8-19-9-7-17-18-19/h3-4,7,9-10,14,16H,1-2,5-6,8,15H2. The third-order valence-electron chi connectivity index (χ3n) is 3.67. The normalized spacial score (nSPS) is 17.6. The Morgan fingerprint density at radius 2 is 2.37 bits per heavy atom. The Kier molecular flexibility index (Phi) is 3.46. The highest BCUT2D eigenvalue weighted by atomic mass is 15.4. The van der Waals surface area contributed by atoms with E-state index in [1.54, 1.807) is 6.20 Å². The highest BCUT2D eigenvalue weighted by Crippen LogP contribution is 2.32. The summed E-state index contributed by atoms with van der Waals surface area (Å²) in [5.74, 6) is 0. The maximum absolute atomic E-state index is 5.82. The maximum Gasteiger partial charge on any atom is 0.0692 e. The summed E-state index contributed by atoms with van der Waals surface area (Å²) in [7, 11) is 0. The minimum atomic E-state index is 0.478. The number of aryl methyl sites for hydroxylation is 2. The van der Waals surface area contributed by atoms with Gasteiger partial charge in [-0.2, -0.15) is 0 Å². The molecule has 19 heavy (non-hydrogen) atoms. The van der Waals surface area contributed by atoms with Gasteiger partial charge in [-0.25, -0.2) is 0 Å². The molecule has 1 unspecified atom stereocenters. The highest BCUT2D eigenvalue weighted by Gasteiger charge is 2.21. The van der Waals surface area contributed by atoms with Crippen LogP contribution in [0.4, 0.5) is 5.69 Å². The number of hydrogen-bond acceptors (Lipinski definition) is 4. The molecule has 2 aromatic rings. The topological polar surface area (TPSA) is 68.8 Å². The van der Waals surface area contributed by atoms with Gasteiger partial charge in [-0.05, 0) is 49.1 Å². The molecule has 1 aromatic heterocycles. The summed E-state index contributed by atoms with van der Waals surface area (Å²) in [5, 5.41) is 11.4. The van der Waals surface area contributed by atoms with Gasteiger partial charge in [0.25, 0.3) is 0 Å². The first-order valence-corrected chi connectivity index (χ1v) is 6.79. The van der Waals surface area contributed by atoms with Crippen molar-refractivity contribution >= 4 is 5.69 Å². The molecule has 3 rings (SSSR count). The Morgan fingerprint density at radius 1 is 1.42 bits per heavy atom. The van der Waals surface area contributed by atoms with Gasteiger partial charge >= 0.3 is 0 Å². The van der Waals surface area contributed by atoms with Crippen LogP contribution in [0.5, 0.6) is 0 Å². The molecule has 0 amide bonds. The van der Waals surface area contributed by atoms with Gasteiger partial charge in [-0.1, -0.05) is 11.3 Å². The Morgan fingerprint density at radius 3 is 3.21 bits per heavy atom. The lowest BCUT2D eigenvalue weighted by atomic mass is 10.1. The van der Waals surface area contributed by atoms with Crippen molar-refractivity contribution < 1.29 is 0 Å². The molecule has 1 atom stereocenters. The molecule has 1 aliphatic carbocycles. The van der Waals surface area contributed by atoms with Crippen LogP contribution in [-0.4, -0.2) is 21.5 Å². The predicted molar refractivity (Wildman–Crippen MR) is 74.6 cm³/mol. The monoisotopic (exact) mass is 257 g/mol. The maximum atomic E-state index is 5.82. The van der Waals surface area contributed by atoms with Crippen molar-refractivity contribution in [2.24, 2.45) is 0 Å². The van der Waals surface area contributed by atoms with Crippen LogP contribution < -0.4 is 11.1 Å². The molecule has 0 bridgehead atoms. The van der Waals surface area contributed by atoms with Crippen LogP contribution in [0, 0.1) is 0 Å².